The minimum Gasteiger partial charge on any atom is -0.341 e. The molecular weight excluding hydrogens is 186 g/mol. The van der Waals surface area contributed by atoms with Gasteiger partial charge in [0.1, 0.15) is 12.6 Å². The van der Waals surface area contributed by atoms with Gasteiger partial charge in [-0.25, -0.2) is 5.48 Å². The van der Waals surface area contributed by atoms with Crippen molar-refractivity contribution in [1.82, 2.24) is 16.1 Å². The van der Waals surface area contributed by atoms with Crippen LogP contribution in [0.3, 0.4) is 0 Å². The fourth-order valence-corrected chi connectivity index (χ4v) is 1.22. The fraction of sp³-hybridized carbons (Fsp3) is 0.750. The molecule has 0 unspecified atom stereocenters. The van der Waals surface area contributed by atoms with Gasteiger partial charge in [0.05, 0.1) is 6.54 Å². The van der Waals surface area contributed by atoms with Crippen LogP contribution in [0.5, 0.6) is 0 Å². The Balaban J connectivity index is 1.67. The molecule has 1 heterocycles. The summed E-state index contributed by atoms with van der Waals surface area (Å²) >= 11 is 0. The Morgan fingerprint density at radius 3 is 2.93 bits per heavy atom. The van der Waals surface area contributed by atoms with Gasteiger partial charge >= 0.3 is 0 Å². The summed E-state index contributed by atoms with van der Waals surface area (Å²) in [6.07, 6.45) is 2.28. The van der Waals surface area contributed by atoms with Crippen LogP contribution in [0.25, 0.3) is 0 Å². The zero-order chi connectivity index (χ0) is 9.97. The van der Waals surface area contributed by atoms with Gasteiger partial charge in [0, 0.05) is 6.04 Å². The van der Waals surface area contributed by atoms with E-state index in [1.165, 1.54) is 0 Å². The van der Waals surface area contributed by atoms with Crippen LogP contribution < -0.4 is 16.1 Å². The Morgan fingerprint density at radius 1 is 1.57 bits per heavy atom. The maximum Gasteiger partial charge on any atom is 0.268 e. The molecule has 0 aromatic carbocycles. The maximum absolute atomic E-state index is 11.3. The number of amides is 2. The van der Waals surface area contributed by atoms with E-state index in [9.17, 15) is 9.59 Å². The molecule has 1 saturated heterocycles. The molecule has 2 aliphatic rings. The van der Waals surface area contributed by atoms with Gasteiger partial charge in [-0.15, -0.1) is 0 Å². The van der Waals surface area contributed by atoms with Crippen LogP contribution in [-0.2, 0) is 14.4 Å². The minimum absolute atomic E-state index is 0.164. The molecule has 2 rings (SSSR count). The molecule has 2 amide bonds. The number of hydrogen-bond donors (Lipinski definition) is 3. The van der Waals surface area contributed by atoms with E-state index >= 15 is 0 Å². The second kappa shape index (κ2) is 3.93. The Hall–Kier alpha value is -1.14. The monoisotopic (exact) mass is 199 g/mol. The Bertz CT molecular complexity index is 252. The smallest absolute Gasteiger partial charge is 0.268 e. The van der Waals surface area contributed by atoms with Crippen LogP contribution >= 0.6 is 0 Å². The second-order valence-corrected chi connectivity index (χ2v) is 3.55. The summed E-state index contributed by atoms with van der Waals surface area (Å²) in [5.74, 6) is -0.452. The molecule has 1 aliphatic heterocycles. The van der Waals surface area contributed by atoms with Crippen LogP contribution in [0.4, 0.5) is 0 Å². The molecule has 3 N–H and O–H groups in total. The first-order valence-corrected chi connectivity index (χ1v) is 4.70. The van der Waals surface area contributed by atoms with Crippen molar-refractivity contribution < 1.29 is 14.4 Å². The number of hydrogen-bond acceptors (Lipinski definition) is 4. The number of nitrogens with one attached hydrogen (secondary N) is 3. The average molecular weight is 199 g/mol. The summed E-state index contributed by atoms with van der Waals surface area (Å²) < 4.78 is 0. The van der Waals surface area contributed by atoms with Crippen molar-refractivity contribution in [1.29, 1.82) is 0 Å². The number of hydroxylamine groups is 1. The van der Waals surface area contributed by atoms with E-state index in [4.69, 9.17) is 0 Å². The number of rotatable bonds is 4. The van der Waals surface area contributed by atoms with Gasteiger partial charge in [0.2, 0.25) is 5.91 Å². The molecule has 0 radical (unpaired) electrons. The zero-order valence-electron chi connectivity index (χ0n) is 7.71. The van der Waals surface area contributed by atoms with Gasteiger partial charge < -0.3 is 10.6 Å². The van der Waals surface area contributed by atoms with E-state index in [1.54, 1.807) is 0 Å². The molecule has 0 aromatic heterocycles. The molecule has 6 nitrogen and oxygen atoms in total. The molecular formula is C8H13N3O3. The largest absolute Gasteiger partial charge is 0.341 e. The minimum atomic E-state index is -0.538. The summed E-state index contributed by atoms with van der Waals surface area (Å²) in [7, 11) is 0. The van der Waals surface area contributed by atoms with Gasteiger partial charge in [-0.05, 0) is 12.8 Å². The van der Waals surface area contributed by atoms with Crippen molar-refractivity contribution in [3.05, 3.63) is 0 Å². The summed E-state index contributed by atoms with van der Waals surface area (Å²) in [6.45, 7) is 0.475. The van der Waals surface area contributed by atoms with Crippen LogP contribution in [0.2, 0.25) is 0 Å². The maximum atomic E-state index is 11.3. The summed E-state index contributed by atoms with van der Waals surface area (Å²) in [6, 6.07) is -0.0436. The molecule has 1 atom stereocenters. The Kier molecular flexibility index (Phi) is 2.64. The normalized spacial score (nSPS) is 26.0. The lowest BCUT2D eigenvalue weighted by atomic mass is 10.3. The first-order valence-electron chi connectivity index (χ1n) is 4.70. The van der Waals surface area contributed by atoms with Crippen molar-refractivity contribution in [3.8, 4) is 0 Å². The standard InChI is InChI=1S/C8H13N3O3/c12-7(3-9-5-1-2-5)10-6-4-14-11-8(6)13/h5-6,9H,1-4H2,(H,10,12)(H,11,13)/t6-/m1/s1. The highest BCUT2D eigenvalue weighted by molar-refractivity contribution is 5.88. The van der Waals surface area contributed by atoms with Crippen LogP contribution in [-0.4, -0.2) is 37.0 Å². The lowest BCUT2D eigenvalue weighted by molar-refractivity contribution is -0.128. The quantitative estimate of drug-likeness (QED) is 0.503. The summed E-state index contributed by atoms with van der Waals surface area (Å²) in [5, 5.41) is 5.63. The molecule has 14 heavy (non-hydrogen) atoms. The highest BCUT2D eigenvalue weighted by atomic mass is 16.7. The van der Waals surface area contributed by atoms with Gasteiger partial charge in [0.15, 0.2) is 0 Å². The van der Waals surface area contributed by atoms with E-state index < -0.39 is 6.04 Å². The second-order valence-electron chi connectivity index (χ2n) is 3.55. The topological polar surface area (TPSA) is 79.5 Å². The summed E-state index contributed by atoms with van der Waals surface area (Å²) in [4.78, 5) is 26.9. The first kappa shape index (κ1) is 9.42. The Morgan fingerprint density at radius 2 is 2.36 bits per heavy atom. The van der Waals surface area contributed by atoms with Crippen LogP contribution in [0.1, 0.15) is 12.8 Å². The summed E-state index contributed by atoms with van der Waals surface area (Å²) in [5.41, 5.74) is 2.18. The molecule has 0 aromatic rings. The molecule has 0 bridgehead atoms. The first-order chi connectivity index (χ1) is 6.75. The Labute approximate surface area is 81.3 Å². The molecule has 1 saturated carbocycles. The third-order valence-corrected chi connectivity index (χ3v) is 2.20. The SMILES string of the molecule is O=C(CNC1CC1)N[C@@H]1CONC1=O. The van der Waals surface area contributed by atoms with Crippen molar-refractivity contribution in [3.63, 3.8) is 0 Å². The predicted octanol–water partition coefficient (Wildman–Crippen LogP) is -1.72. The van der Waals surface area contributed by atoms with Crippen LogP contribution in [0, 0.1) is 0 Å². The van der Waals surface area contributed by atoms with Gasteiger partial charge in [0.25, 0.3) is 5.91 Å². The number of carbonyl (C=O) groups excluding carboxylic acids is 2. The lowest BCUT2D eigenvalue weighted by Gasteiger charge is -2.08. The van der Waals surface area contributed by atoms with E-state index in [-0.39, 0.29) is 25.0 Å². The van der Waals surface area contributed by atoms with Crippen molar-refractivity contribution in [2.45, 2.75) is 24.9 Å². The average Bonchev–Trinajstić information content (AvgIpc) is 2.90. The molecule has 2 fully saturated rings. The van der Waals surface area contributed by atoms with Crippen molar-refractivity contribution in [2.24, 2.45) is 0 Å². The zero-order valence-corrected chi connectivity index (χ0v) is 7.71. The van der Waals surface area contributed by atoms with E-state index in [0.717, 1.165) is 12.8 Å². The molecule has 1 aliphatic carbocycles. The van der Waals surface area contributed by atoms with Crippen LogP contribution in [0.15, 0.2) is 0 Å². The highest BCUT2D eigenvalue weighted by Gasteiger charge is 2.27. The molecule has 6 heteroatoms. The van der Waals surface area contributed by atoms with E-state index in [0.29, 0.717) is 6.04 Å². The van der Waals surface area contributed by atoms with Gasteiger partial charge in [-0.3, -0.25) is 14.4 Å². The fourth-order valence-electron chi connectivity index (χ4n) is 1.22. The third kappa shape index (κ3) is 2.43. The molecule has 78 valence electrons. The van der Waals surface area contributed by atoms with E-state index in [1.807, 2.05) is 0 Å². The van der Waals surface area contributed by atoms with Gasteiger partial charge in [-0.2, -0.15) is 0 Å². The molecule has 0 spiro atoms. The number of carbonyl (C=O) groups is 2. The van der Waals surface area contributed by atoms with Crippen molar-refractivity contribution in [2.75, 3.05) is 13.2 Å². The predicted molar refractivity (Wildman–Crippen MR) is 47.1 cm³/mol. The van der Waals surface area contributed by atoms with Crippen molar-refractivity contribution >= 4 is 11.8 Å². The third-order valence-electron chi connectivity index (χ3n) is 2.20. The van der Waals surface area contributed by atoms with E-state index in [2.05, 4.69) is 21.0 Å². The lowest BCUT2D eigenvalue weighted by Crippen LogP contribution is -2.45. The highest BCUT2D eigenvalue weighted by Crippen LogP contribution is 2.17. The van der Waals surface area contributed by atoms with Gasteiger partial charge in [-0.1, -0.05) is 0 Å².